The molecular weight excluding hydrogens is 315 g/mol. The van der Waals surface area contributed by atoms with Crippen molar-refractivity contribution in [1.82, 2.24) is 0 Å². The molecule has 1 atom stereocenters. The highest BCUT2D eigenvalue weighted by atomic mass is 19.1. The van der Waals surface area contributed by atoms with Gasteiger partial charge in [0.05, 0.1) is 18.2 Å². The van der Waals surface area contributed by atoms with E-state index in [1.54, 1.807) is 18.2 Å². The van der Waals surface area contributed by atoms with E-state index >= 15 is 0 Å². The van der Waals surface area contributed by atoms with E-state index in [9.17, 15) is 4.39 Å². The number of hydrogen-bond acceptors (Lipinski definition) is 3. The maximum atomic E-state index is 13.5. The lowest BCUT2D eigenvalue weighted by molar-refractivity contribution is 0.0268. The Kier molecular flexibility index (Phi) is 3.52. The fourth-order valence-electron chi connectivity index (χ4n) is 3.48. The second kappa shape index (κ2) is 5.73. The van der Waals surface area contributed by atoms with E-state index in [1.807, 2.05) is 36.4 Å². The second-order valence-electron chi connectivity index (χ2n) is 6.09. The highest BCUT2D eigenvalue weighted by molar-refractivity contribution is 5.57. The molecule has 3 aromatic rings. The number of nitrogens with zero attached hydrogens (tertiary/aromatic N) is 1. The number of benzene rings is 3. The van der Waals surface area contributed by atoms with Crippen LogP contribution in [0.15, 0.2) is 66.7 Å². The van der Waals surface area contributed by atoms with Gasteiger partial charge in [-0.2, -0.15) is 5.26 Å². The van der Waals surface area contributed by atoms with Crippen LogP contribution in [0, 0.1) is 17.1 Å². The molecular formula is C21H15FN2O. The highest BCUT2D eigenvalue weighted by Crippen LogP contribution is 2.47. The summed E-state index contributed by atoms with van der Waals surface area (Å²) in [5, 5.41) is 9.15. The molecule has 0 bridgehead atoms. The van der Waals surface area contributed by atoms with Gasteiger partial charge in [0.25, 0.3) is 0 Å². The number of hydrogen-bond donors (Lipinski definition) is 1. The number of fused-ring (bicyclic) bond motifs is 1. The van der Waals surface area contributed by atoms with Gasteiger partial charge in [-0.1, -0.05) is 30.3 Å². The minimum atomic E-state index is -0.869. The van der Waals surface area contributed by atoms with Crippen molar-refractivity contribution in [2.24, 2.45) is 0 Å². The van der Waals surface area contributed by atoms with Crippen LogP contribution in [0.1, 0.15) is 27.8 Å². The number of nitriles is 1. The zero-order chi connectivity index (χ0) is 17.4. The summed E-state index contributed by atoms with van der Waals surface area (Å²) in [6.45, 7) is 0.372. The van der Waals surface area contributed by atoms with Gasteiger partial charge in [-0.25, -0.2) is 4.39 Å². The number of nitrogens with two attached hydrogens (primary N) is 1. The molecule has 4 heteroatoms. The fourth-order valence-corrected chi connectivity index (χ4v) is 3.48. The molecule has 4 rings (SSSR count). The van der Waals surface area contributed by atoms with Gasteiger partial charge in [-0.3, -0.25) is 0 Å². The van der Waals surface area contributed by atoms with Crippen LogP contribution in [-0.2, 0) is 16.9 Å². The van der Waals surface area contributed by atoms with Gasteiger partial charge in [0, 0.05) is 5.69 Å². The molecule has 122 valence electrons. The molecule has 3 aromatic carbocycles. The third kappa shape index (κ3) is 2.37. The first-order valence-electron chi connectivity index (χ1n) is 7.93. The van der Waals surface area contributed by atoms with E-state index in [4.69, 9.17) is 15.7 Å². The van der Waals surface area contributed by atoms with Crippen LogP contribution in [-0.4, -0.2) is 0 Å². The lowest BCUT2D eigenvalue weighted by atomic mass is 9.79. The first-order chi connectivity index (χ1) is 12.1. The second-order valence-corrected chi connectivity index (χ2v) is 6.09. The Hall–Kier alpha value is -3.16. The van der Waals surface area contributed by atoms with Gasteiger partial charge in [-0.05, 0) is 58.7 Å². The van der Waals surface area contributed by atoms with Gasteiger partial charge in [0.15, 0.2) is 0 Å². The van der Waals surface area contributed by atoms with Crippen LogP contribution in [0.25, 0.3) is 0 Å². The van der Waals surface area contributed by atoms with Crippen LogP contribution in [0.5, 0.6) is 0 Å². The molecule has 1 aliphatic rings. The molecule has 25 heavy (non-hydrogen) atoms. The smallest absolute Gasteiger partial charge is 0.144 e. The Labute approximate surface area is 145 Å². The molecule has 0 radical (unpaired) electrons. The lowest BCUT2D eigenvalue weighted by Gasteiger charge is -2.31. The largest absolute Gasteiger partial charge is 0.399 e. The first kappa shape index (κ1) is 15.4. The van der Waals surface area contributed by atoms with E-state index in [-0.39, 0.29) is 5.82 Å². The summed E-state index contributed by atoms with van der Waals surface area (Å²) in [7, 11) is 0. The summed E-state index contributed by atoms with van der Waals surface area (Å²) in [6.07, 6.45) is 0. The van der Waals surface area contributed by atoms with Gasteiger partial charge < -0.3 is 10.5 Å². The Balaban J connectivity index is 2.00. The quantitative estimate of drug-likeness (QED) is 0.720. The average molecular weight is 330 g/mol. The van der Waals surface area contributed by atoms with Gasteiger partial charge >= 0.3 is 0 Å². The lowest BCUT2D eigenvalue weighted by Crippen LogP contribution is -2.28. The van der Waals surface area contributed by atoms with E-state index in [1.165, 1.54) is 12.1 Å². The van der Waals surface area contributed by atoms with Crippen LogP contribution in [0.3, 0.4) is 0 Å². The predicted molar refractivity (Wildman–Crippen MR) is 93.1 cm³/mol. The fraction of sp³-hybridized carbons (Fsp3) is 0.0952. The van der Waals surface area contributed by atoms with Crippen molar-refractivity contribution in [2.45, 2.75) is 12.2 Å². The van der Waals surface area contributed by atoms with Crippen molar-refractivity contribution in [3.05, 3.63) is 100 Å². The molecule has 0 saturated carbocycles. The summed E-state index contributed by atoms with van der Waals surface area (Å²) < 4.78 is 19.8. The molecule has 1 aliphatic heterocycles. The molecule has 2 N–H and O–H groups in total. The van der Waals surface area contributed by atoms with E-state index in [0.717, 1.165) is 22.3 Å². The van der Waals surface area contributed by atoms with Gasteiger partial charge in [0.2, 0.25) is 0 Å². The van der Waals surface area contributed by atoms with Crippen LogP contribution < -0.4 is 5.73 Å². The minimum absolute atomic E-state index is 0.301. The van der Waals surface area contributed by atoms with Crippen molar-refractivity contribution in [3.8, 4) is 6.07 Å². The maximum absolute atomic E-state index is 13.5. The Morgan fingerprint density at radius 2 is 1.80 bits per heavy atom. The Morgan fingerprint density at radius 1 is 1.00 bits per heavy atom. The first-order valence-corrected chi connectivity index (χ1v) is 7.93. The van der Waals surface area contributed by atoms with Gasteiger partial charge in [0.1, 0.15) is 11.4 Å². The van der Waals surface area contributed by atoms with E-state index in [2.05, 4.69) is 6.07 Å². The normalized spacial score (nSPS) is 18.6. The minimum Gasteiger partial charge on any atom is -0.399 e. The summed E-state index contributed by atoms with van der Waals surface area (Å²) in [6, 6.07) is 21.5. The number of halogens is 1. The highest BCUT2D eigenvalue weighted by Gasteiger charge is 2.43. The summed E-state index contributed by atoms with van der Waals surface area (Å²) >= 11 is 0. The molecule has 0 saturated heterocycles. The Bertz CT molecular complexity index is 992. The SMILES string of the molecule is N#Cc1ccc2c(c1)COC2(c1ccc(F)cc1)c1cccc(N)c1. The Morgan fingerprint density at radius 3 is 2.52 bits per heavy atom. The van der Waals surface area contributed by atoms with Crippen LogP contribution in [0.4, 0.5) is 10.1 Å². The van der Waals surface area contributed by atoms with Crippen molar-refractivity contribution in [2.75, 3.05) is 5.73 Å². The van der Waals surface area contributed by atoms with Crippen molar-refractivity contribution in [1.29, 1.82) is 5.26 Å². The molecule has 0 aromatic heterocycles. The molecule has 1 heterocycles. The van der Waals surface area contributed by atoms with E-state index < -0.39 is 5.60 Å². The molecule has 1 unspecified atom stereocenters. The number of nitrogen functional groups attached to an aromatic ring is 1. The van der Waals surface area contributed by atoms with Crippen molar-refractivity contribution >= 4 is 5.69 Å². The van der Waals surface area contributed by atoms with E-state index in [0.29, 0.717) is 17.9 Å². The molecule has 0 amide bonds. The number of anilines is 1. The molecule has 3 nitrogen and oxygen atoms in total. The predicted octanol–water partition coefficient (Wildman–Crippen LogP) is 4.10. The van der Waals surface area contributed by atoms with Crippen LogP contribution in [0.2, 0.25) is 0 Å². The average Bonchev–Trinajstić information content (AvgIpc) is 3.02. The third-order valence-electron chi connectivity index (χ3n) is 4.60. The van der Waals surface area contributed by atoms with Crippen molar-refractivity contribution in [3.63, 3.8) is 0 Å². The monoisotopic (exact) mass is 330 g/mol. The number of rotatable bonds is 2. The van der Waals surface area contributed by atoms with Gasteiger partial charge in [-0.15, -0.1) is 0 Å². The zero-order valence-corrected chi connectivity index (χ0v) is 13.4. The summed E-state index contributed by atoms with van der Waals surface area (Å²) in [4.78, 5) is 0. The standard InChI is InChI=1S/C21H15FN2O/c22-18-7-5-16(6-8-18)21(17-2-1-3-19(24)11-17)20-9-4-14(12-23)10-15(20)13-25-21/h1-11H,13,24H2. The molecule has 0 aliphatic carbocycles. The third-order valence-corrected chi connectivity index (χ3v) is 4.60. The molecule has 0 fully saturated rings. The maximum Gasteiger partial charge on any atom is 0.144 e. The summed E-state index contributed by atoms with van der Waals surface area (Å²) in [5.41, 5.74) is 9.94. The van der Waals surface area contributed by atoms with Crippen LogP contribution >= 0.6 is 0 Å². The summed E-state index contributed by atoms with van der Waals surface area (Å²) in [5.74, 6) is -0.301. The topological polar surface area (TPSA) is 59.0 Å². The zero-order valence-electron chi connectivity index (χ0n) is 13.4. The number of ether oxygens (including phenoxy) is 1. The van der Waals surface area contributed by atoms with Crippen molar-refractivity contribution < 1.29 is 9.13 Å². The molecule has 0 spiro atoms.